The number of rotatable bonds is 6. The van der Waals surface area contributed by atoms with Gasteiger partial charge in [-0.3, -0.25) is 0 Å². The Hall–Kier alpha value is -2.58. The summed E-state index contributed by atoms with van der Waals surface area (Å²) in [4.78, 5) is 2.21. The lowest BCUT2D eigenvalue weighted by Gasteiger charge is -2.28. The van der Waals surface area contributed by atoms with E-state index in [2.05, 4.69) is 80.5 Å². The highest BCUT2D eigenvalue weighted by atomic mass is 16.3. The first-order valence-electron chi connectivity index (χ1n) is 11.1. The summed E-state index contributed by atoms with van der Waals surface area (Å²) in [5, 5.41) is 9.79. The van der Waals surface area contributed by atoms with Crippen LogP contribution in [-0.2, 0) is 25.8 Å². The van der Waals surface area contributed by atoms with Gasteiger partial charge in [-0.1, -0.05) is 61.5 Å². The van der Waals surface area contributed by atoms with Gasteiger partial charge in [0.1, 0.15) is 5.75 Å². The molecule has 2 unspecified atom stereocenters. The van der Waals surface area contributed by atoms with Crippen LogP contribution in [-0.4, -0.2) is 24.1 Å². The van der Waals surface area contributed by atoms with Gasteiger partial charge < -0.3 is 10.0 Å². The maximum Gasteiger partial charge on any atom is 0.115 e. The van der Waals surface area contributed by atoms with Gasteiger partial charge in [-0.25, -0.2) is 0 Å². The third-order valence-electron chi connectivity index (χ3n) is 6.45. The second-order valence-corrected chi connectivity index (χ2v) is 9.18. The fourth-order valence-corrected chi connectivity index (χ4v) is 4.95. The van der Waals surface area contributed by atoms with Crippen molar-refractivity contribution in [1.29, 1.82) is 0 Å². The van der Waals surface area contributed by atoms with Crippen molar-refractivity contribution in [3.63, 3.8) is 0 Å². The Balaban J connectivity index is 1.51. The van der Waals surface area contributed by atoms with Crippen LogP contribution in [0.2, 0.25) is 0 Å². The zero-order valence-electron chi connectivity index (χ0n) is 18.4. The van der Waals surface area contributed by atoms with Crippen LogP contribution >= 0.6 is 0 Å². The SMILES string of the molecule is CC(Cc1ccc(CN(C)C)cc1)c1ccccc1C1CCc2cc(O)ccc2C1. The molecule has 156 valence electrons. The minimum Gasteiger partial charge on any atom is -0.508 e. The summed E-state index contributed by atoms with van der Waals surface area (Å²) < 4.78 is 0. The van der Waals surface area contributed by atoms with E-state index in [0.717, 1.165) is 32.2 Å². The topological polar surface area (TPSA) is 23.5 Å². The van der Waals surface area contributed by atoms with Crippen LogP contribution in [0.15, 0.2) is 66.7 Å². The minimum absolute atomic E-state index is 0.387. The predicted octanol–water partition coefficient (Wildman–Crippen LogP) is 6.07. The van der Waals surface area contributed by atoms with Gasteiger partial charge in [0.05, 0.1) is 0 Å². The Morgan fingerprint density at radius 1 is 0.933 bits per heavy atom. The maximum atomic E-state index is 9.79. The predicted molar refractivity (Wildman–Crippen MR) is 125 cm³/mol. The number of phenols is 1. The van der Waals surface area contributed by atoms with Crippen LogP contribution in [0.4, 0.5) is 0 Å². The fraction of sp³-hybridized carbons (Fsp3) is 0.357. The van der Waals surface area contributed by atoms with Crippen LogP contribution in [0.1, 0.15) is 58.6 Å². The summed E-state index contributed by atoms with van der Waals surface area (Å²) in [7, 11) is 4.22. The van der Waals surface area contributed by atoms with Crippen molar-refractivity contribution in [3.8, 4) is 5.75 Å². The molecule has 0 aromatic heterocycles. The summed E-state index contributed by atoms with van der Waals surface area (Å²) >= 11 is 0. The Kier molecular flexibility index (Phi) is 6.24. The lowest BCUT2D eigenvalue weighted by atomic mass is 9.76. The molecule has 3 aromatic carbocycles. The summed E-state index contributed by atoms with van der Waals surface area (Å²) in [6.07, 6.45) is 4.33. The van der Waals surface area contributed by atoms with E-state index in [1.165, 1.54) is 33.4 Å². The molecule has 2 nitrogen and oxygen atoms in total. The number of nitrogens with zero attached hydrogens (tertiary/aromatic N) is 1. The molecule has 2 heteroatoms. The van der Waals surface area contributed by atoms with Gasteiger partial charge in [0.25, 0.3) is 0 Å². The van der Waals surface area contributed by atoms with Crippen LogP contribution < -0.4 is 0 Å². The number of fused-ring (bicyclic) bond motifs is 1. The van der Waals surface area contributed by atoms with Gasteiger partial charge in [0, 0.05) is 6.54 Å². The highest BCUT2D eigenvalue weighted by Crippen LogP contribution is 2.37. The Morgan fingerprint density at radius 2 is 1.67 bits per heavy atom. The molecule has 30 heavy (non-hydrogen) atoms. The molecule has 0 heterocycles. The average molecular weight is 400 g/mol. The number of aryl methyl sites for hydroxylation is 1. The highest BCUT2D eigenvalue weighted by Gasteiger charge is 2.23. The molecule has 0 saturated carbocycles. The largest absolute Gasteiger partial charge is 0.508 e. The lowest BCUT2D eigenvalue weighted by Crippen LogP contribution is -2.15. The van der Waals surface area contributed by atoms with Crippen LogP contribution in [0, 0.1) is 0 Å². The van der Waals surface area contributed by atoms with Crippen molar-refractivity contribution in [1.82, 2.24) is 4.90 Å². The first-order valence-corrected chi connectivity index (χ1v) is 11.1. The van der Waals surface area contributed by atoms with Crippen LogP contribution in [0.25, 0.3) is 0 Å². The van der Waals surface area contributed by atoms with E-state index >= 15 is 0 Å². The Bertz CT molecular complexity index is 990. The van der Waals surface area contributed by atoms with Gasteiger partial charge in [-0.15, -0.1) is 0 Å². The van der Waals surface area contributed by atoms with E-state index in [4.69, 9.17) is 0 Å². The fourth-order valence-electron chi connectivity index (χ4n) is 4.95. The molecule has 0 saturated heterocycles. The Labute approximate surface area is 181 Å². The van der Waals surface area contributed by atoms with Crippen LogP contribution in [0.5, 0.6) is 5.75 Å². The molecule has 1 aliphatic rings. The molecular formula is C28H33NO. The summed E-state index contributed by atoms with van der Waals surface area (Å²) in [5.41, 5.74) is 8.47. The number of aromatic hydroxyl groups is 1. The number of hydrogen-bond acceptors (Lipinski definition) is 2. The van der Waals surface area contributed by atoms with E-state index in [-0.39, 0.29) is 0 Å². The van der Waals surface area contributed by atoms with Crippen molar-refractivity contribution < 1.29 is 5.11 Å². The second kappa shape index (κ2) is 9.06. The minimum atomic E-state index is 0.387. The van der Waals surface area contributed by atoms with E-state index in [9.17, 15) is 5.11 Å². The lowest BCUT2D eigenvalue weighted by molar-refractivity contribution is 0.402. The van der Waals surface area contributed by atoms with Crippen LogP contribution in [0.3, 0.4) is 0 Å². The second-order valence-electron chi connectivity index (χ2n) is 9.18. The zero-order chi connectivity index (χ0) is 21.1. The van der Waals surface area contributed by atoms with Crippen molar-refractivity contribution in [2.75, 3.05) is 14.1 Å². The molecule has 1 N–H and O–H groups in total. The van der Waals surface area contributed by atoms with Gasteiger partial charge in [0.2, 0.25) is 0 Å². The molecule has 0 radical (unpaired) electrons. The van der Waals surface area contributed by atoms with Crippen molar-refractivity contribution >= 4 is 0 Å². The van der Waals surface area contributed by atoms with Crippen molar-refractivity contribution in [3.05, 3.63) is 100 Å². The molecule has 0 spiro atoms. The van der Waals surface area contributed by atoms with Crippen molar-refractivity contribution in [2.24, 2.45) is 0 Å². The molecule has 0 amide bonds. The van der Waals surface area contributed by atoms with E-state index in [0.29, 0.717) is 17.6 Å². The molecule has 0 fully saturated rings. The maximum absolute atomic E-state index is 9.79. The van der Waals surface area contributed by atoms with E-state index < -0.39 is 0 Å². The number of hydrogen-bond donors (Lipinski definition) is 1. The summed E-state index contributed by atoms with van der Waals surface area (Å²) in [6.45, 7) is 3.35. The molecule has 2 atom stereocenters. The Morgan fingerprint density at radius 3 is 2.43 bits per heavy atom. The van der Waals surface area contributed by atoms with Gasteiger partial charge in [0.15, 0.2) is 0 Å². The highest BCUT2D eigenvalue weighted by molar-refractivity contribution is 5.41. The molecule has 0 bridgehead atoms. The van der Waals surface area contributed by atoms with E-state index in [1.54, 1.807) is 0 Å². The number of benzene rings is 3. The smallest absolute Gasteiger partial charge is 0.115 e. The van der Waals surface area contributed by atoms with Gasteiger partial charge in [-0.05, 0) is 97.1 Å². The third kappa shape index (κ3) is 4.76. The average Bonchev–Trinajstić information content (AvgIpc) is 2.74. The molecular weight excluding hydrogens is 366 g/mol. The quantitative estimate of drug-likeness (QED) is 0.543. The van der Waals surface area contributed by atoms with Crippen molar-refractivity contribution in [2.45, 2.75) is 51.0 Å². The van der Waals surface area contributed by atoms with Gasteiger partial charge >= 0.3 is 0 Å². The third-order valence-corrected chi connectivity index (χ3v) is 6.45. The summed E-state index contributed by atoms with van der Waals surface area (Å²) in [5.74, 6) is 1.43. The monoisotopic (exact) mass is 399 g/mol. The van der Waals surface area contributed by atoms with Gasteiger partial charge in [-0.2, -0.15) is 0 Å². The first-order chi connectivity index (χ1) is 14.5. The summed E-state index contributed by atoms with van der Waals surface area (Å²) in [6, 6.07) is 24.0. The number of phenolic OH excluding ortho intramolecular Hbond substituents is 1. The zero-order valence-corrected chi connectivity index (χ0v) is 18.4. The first kappa shape index (κ1) is 20.7. The standard InChI is InChI=1S/C28H33NO/c1-20(16-21-8-10-22(11-9-21)19-29(2)3)27-6-4-5-7-28(27)25-13-12-24-18-26(30)15-14-23(24)17-25/h4-11,14-15,18,20,25,30H,12-13,16-17,19H2,1-3H3. The molecule has 0 aliphatic heterocycles. The van der Waals surface area contributed by atoms with E-state index in [1.807, 2.05) is 12.1 Å². The normalized spacial score (nSPS) is 17.0. The molecule has 3 aromatic rings. The molecule has 4 rings (SSSR count). The molecule has 1 aliphatic carbocycles.